The molecule has 2 atom stereocenters. The molecule has 0 aromatic heterocycles. The van der Waals surface area contributed by atoms with Crippen LogP contribution in [0.5, 0.6) is 0 Å². The van der Waals surface area contributed by atoms with Crippen molar-refractivity contribution in [2.24, 2.45) is 0 Å². The minimum Gasteiger partial charge on any atom is -0.398 e. The summed E-state index contributed by atoms with van der Waals surface area (Å²) in [5, 5.41) is 14.1. The molecule has 1 aliphatic rings. The van der Waals surface area contributed by atoms with E-state index >= 15 is 0 Å². The van der Waals surface area contributed by atoms with Crippen molar-refractivity contribution in [3.05, 3.63) is 59.7 Å². The molecule has 6 heteroatoms. The minimum absolute atomic E-state index is 0.0669. The number of hydrogen-bond acceptors (Lipinski definition) is 5. The maximum Gasteiger partial charge on any atom is 0.241 e. The van der Waals surface area contributed by atoms with Gasteiger partial charge in [0.15, 0.2) is 0 Å². The highest BCUT2D eigenvalue weighted by Gasteiger charge is 2.31. The fraction of sp³-hybridized carbons (Fsp3) is 0.391. The van der Waals surface area contributed by atoms with Crippen LogP contribution in [0.25, 0.3) is 0 Å². The molecule has 6 nitrogen and oxygen atoms in total. The van der Waals surface area contributed by atoms with Crippen LogP contribution in [0.4, 0.5) is 11.4 Å². The molecule has 5 N–H and O–H groups in total. The number of anilines is 2. The summed E-state index contributed by atoms with van der Waals surface area (Å²) < 4.78 is 0. The van der Waals surface area contributed by atoms with E-state index in [2.05, 4.69) is 22.5 Å². The van der Waals surface area contributed by atoms with Gasteiger partial charge in [-0.1, -0.05) is 37.3 Å². The molecule has 0 spiro atoms. The van der Waals surface area contributed by atoms with Crippen LogP contribution >= 0.6 is 0 Å². The molecular formula is C23H31N5O. The third-order valence-corrected chi connectivity index (χ3v) is 5.34. The first kappa shape index (κ1) is 20.9. The van der Waals surface area contributed by atoms with Crippen LogP contribution in [-0.2, 0) is 4.79 Å². The Morgan fingerprint density at radius 1 is 1.31 bits per heavy atom. The topological polar surface area (TPSA) is 94.2 Å². The molecule has 1 amide bonds. The van der Waals surface area contributed by atoms with Crippen molar-refractivity contribution in [2.75, 3.05) is 30.7 Å². The Labute approximate surface area is 173 Å². The van der Waals surface area contributed by atoms with Crippen molar-refractivity contribution >= 4 is 23.5 Å². The van der Waals surface area contributed by atoms with Gasteiger partial charge in [0, 0.05) is 42.3 Å². The number of carbonyl (C=O) groups is 1. The Hall–Kier alpha value is -2.86. The summed E-state index contributed by atoms with van der Waals surface area (Å²) in [5.74, 6) is 0.0669. The van der Waals surface area contributed by atoms with E-state index in [1.54, 1.807) is 0 Å². The van der Waals surface area contributed by atoms with Gasteiger partial charge in [-0.3, -0.25) is 9.69 Å². The highest BCUT2D eigenvalue weighted by atomic mass is 16.2. The number of nitrogens with two attached hydrogens (primary N) is 1. The normalized spacial score (nSPS) is 18.0. The first-order valence-electron chi connectivity index (χ1n) is 10.4. The maximum absolute atomic E-state index is 13.0. The standard InChI is InChI=1S/C23H31N5O/c1-2-12-26-23(29)22(17-7-4-3-5-8-17)28-13-6-9-20(16-28)27-19-10-11-21(25)18(14-19)15-24/h3-5,7-8,10-11,14-15,20,22,24,27H,2,6,9,12-13,16,25H2,1H3,(H,26,29). The monoisotopic (exact) mass is 393 g/mol. The Morgan fingerprint density at radius 3 is 2.83 bits per heavy atom. The van der Waals surface area contributed by atoms with E-state index in [0.29, 0.717) is 17.8 Å². The van der Waals surface area contributed by atoms with Crippen LogP contribution in [0.15, 0.2) is 48.5 Å². The second-order valence-electron chi connectivity index (χ2n) is 7.57. The number of carbonyl (C=O) groups excluding carboxylic acids is 1. The smallest absolute Gasteiger partial charge is 0.241 e. The Kier molecular flexibility index (Phi) is 7.25. The van der Waals surface area contributed by atoms with Crippen LogP contribution in [-0.4, -0.2) is 42.7 Å². The highest BCUT2D eigenvalue weighted by Crippen LogP contribution is 2.27. The first-order chi connectivity index (χ1) is 14.1. The van der Waals surface area contributed by atoms with E-state index in [1.165, 1.54) is 6.21 Å². The minimum atomic E-state index is -0.282. The summed E-state index contributed by atoms with van der Waals surface area (Å²) in [6, 6.07) is 15.7. The fourth-order valence-electron chi connectivity index (χ4n) is 3.89. The molecule has 1 heterocycles. The molecule has 0 aliphatic carbocycles. The molecular weight excluding hydrogens is 362 g/mol. The van der Waals surface area contributed by atoms with Crippen molar-refractivity contribution in [1.29, 1.82) is 5.41 Å². The Bertz CT molecular complexity index is 823. The molecule has 1 saturated heterocycles. The van der Waals surface area contributed by atoms with Gasteiger partial charge < -0.3 is 21.8 Å². The Morgan fingerprint density at radius 2 is 2.10 bits per heavy atom. The van der Waals surface area contributed by atoms with Gasteiger partial charge in [-0.25, -0.2) is 0 Å². The quantitative estimate of drug-likeness (QED) is 0.408. The second kappa shape index (κ2) is 10.1. The fourth-order valence-corrected chi connectivity index (χ4v) is 3.89. The van der Waals surface area contributed by atoms with E-state index in [-0.39, 0.29) is 18.0 Å². The van der Waals surface area contributed by atoms with E-state index in [0.717, 1.165) is 43.6 Å². The molecule has 0 radical (unpaired) electrons. The van der Waals surface area contributed by atoms with Crippen LogP contribution in [0.3, 0.4) is 0 Å². The number of amides is 1. The number of benzene rings is 2. The average Bonchev–Trinajstić information content (AvgIpc) is 2.75. The zero-order valence-corrected chi connectivity index (χ0v) is 17.0. The van der Waals surface area contributed by atoms with Crippen molar-refractivity contribution in [3.63, 3.8) is 0 Å². The second-order valence-corrected chi connectivity index (χ2v) is 7.57. The summed E-state index contributed by atoms with van der Waals surface area (Å²) >= 11 is 0. The SMILES string of the molecule is CCCNC(=O)C(c1ccccc1)N1CCCC(Nc2ccc(N)c(C=N)c2)C1. The van der Waals surface area contributed by atoms with E-state index in [1.807, 2.05) is 48.5 Å². The highest BCUT2D eigenvalue weighted by molar-refractivity contribution is 5.86. The average molecular weight is 394 g/mol. The number of likely N-dealkylation sites (tertiary alicyclic amines) is 1. The molecule has 0 saturated carbocycles. The lowest BCUT2D eigenvalue weighted by molar-refractivity contribution is -0.127. The van der Waals surface area contributed by atoms with Gasteiger partial charge in [0.1, 0.15) is 6.04 Å². The molecule has 3 rings (SSSR count). The lowest BCUT2D eigenvalue weighted by Gasteiger charge is -2.38. The van der Waals surface area contributed by atoms with E-state index in [9.17, 15) is 4.79 Å². The number of nitrogens with zero attached hydrogens (tertiary/aromatic N) is 1. The molecule has 1 aliphatic heterocycles. The van der Waals surface area contributed by atoms with Gasteiger partial charge in [-0.2, -0.15) is 0 Å². The lowest BCUT2D eigenvalue weighted by Crippen LogP contribution is -2.48. The van der Waals surface area contributed by atoms with Crippen LogP contribution < -0.4 is 16.4 Å². The molecule has 2 unspecified atom stereocenters. The van der Waals surface area contributed by atoms with Crippen molar-refractivity contribution in [3.8, 4) is 0 Å². The van der Waals surface area contributed by atoms with Gasteiger partial charge in [0.05, 0.1) is 0 Å². The predicted molar refractivity (Wildman–Crippen MR) is 119 cm³/mol. The van der Waals surface area contributed by atoms with Crippen molar-refractivity contribution < 1.29 is 4.79 Å². The van der Waals surface area contributed by atoms with Gasteiger partial charge >= 0.3 is 0 Å². The Balaban J connectivity index is 1.75. The summed E-state index contributed by atoms with van der Waals surface area (Å²) in [6.07, 6.45) is 4.26. The number of nitrogen functional groups attached to an aromatic ring is 1. The summed E-state index contributed by atoms with van der Waals surface area (Å²) in [5.41, 5.74) is 9.20. The molecule has 29 heavy (non-hydrogen) atoms. The van der Waals surface area contributed by atoms with Crippen LogP contribution in [0.1, 0.15) is 43.4 Å². The molecule has 1 fully saturated rings. The number of piperidine rings is 1. The number of hydrogen-bond donors (Lipinski definition) is 4. The van der Waals surface area contributed by atoms with Gasteiger partial charge in [-0.15, -0.1) is 0 Å². The third-order valence-electron chi connectivity index (χ3n) is 5.34. The number of nitrogens with one attached hydrogen (secondary N) is 3. The summed E-state index contributed by atoms with van der Waals surface area (Å²) in [4.78, 5) is 15.2. The van der Waals surface area contributed by atoms with Gasteiger partial charge in [-0.05, 0) is 49.6 Å². The number of rotatable bonds is 8. The molecule has 154 valence electrons. The van der Waals surface area contributed by atoms with Crippen LogP contribution in [0, 0.1) is 5.41 Å². The van der Waals surface area contributed by atoms with Crippen LogP contribution in [0.2, 0.25) is 0 Å². The zero-order valence-electron chi connectivity index (χ0n) is 17.0. The van der Waals surface area contributed by atoms with E-state index < -0.39 is 0 Å². The van der Waals surface area contributed by atoms with Crippen molar-refractivity contribution in [1.82, 2.24) is 10.2 Å². The predicted octanol–water partition coefficient (Wildman–Crippen LogP) is 3.41. The lowest BCUT2D eigenvalue weighted by atomic mass is 9.98. The van der Waals surface area contributed by atoms with E-state index in [4.69, 9.17) is 11.1 Å². The largest absolute Gasteiger partial charge is 0.398 e. The van der Waals surface area contributed by atoms with Crippen molar-refractivity contribution in [2.45, 2.75) is 38.3 Å². The first-order valence-corrected chi connectivity index (χ1v) is 10.4. The molecule has 2 aromatic rings. The molecule has 0 bridgehead atoms. The maximum atomic E-state index is 13.0. The van der Waals surface area contributed by atoms with Gasteiger partial charge in [0.2, 0.25) is 5.91 Å². The summed E-state index contributed by atoms with van der Waals surface area (Å²) in [7, 11) is 0. The van der Waals surface area contributed by atoms with Gasteiger partial charge in [0.25, 0.3) is 0 Å². The molecule has 2 aromatic carbocycles. The summed E-state index contributed by atoms with van der Waals surface area (Å²) in [6.45, 7) is 4.43. The third kappa shape index (κ3) is 5.35. The zero-order chi connectivity index (χ0) is 20.6.